The van der Waals surface area contributed by atoms with Crippen LogP contribution in [0.3, 0.4) is 0 Å². The molecule has 0 aliphatic heterocycles. The molecule has 0 radical (unpaired) electrons. The van der Waals surface area contributed by atoms with E-state index in [-0.39, 0.29) is 36.9 Å². The smallest absolute Gasteiger partial charge is 0.0472 e. The van der Waals surface area contributed by atoms with Crippen molar-refractivity contribution in [3.05, 3.63) is 180 Å². The minimum Gasteiger partial charge on any atom is -0.396 e. The van der Waals surface area contributed by atoms with E-state index in [1.807, 2.05) is 0 Å². The highest BCUT2D eigenvalue weighted by molar-refractivity contribution is 7.80. The molecule has 0 amide bonds. The van der Waals surface area contributed by atoms with Gasteiger partial charge in [-0.1, -0.05) is 158 Å². The predicted molar refractivity (Wildman–Crippen MR) is 195 cm³/mol. The molecule has 0 saturated heterocycles. The van der Waals surface area contributed by atoms with E-state index in [1.165, 1.54) is 54.1 Å². The van der Waals surface area contributed by atoms with Gasteiger partial charge in [-0.2, -0.15) is 0 Å². The van der Waals surface area contributed by atoms with Crippen molar-refractivity contribution in [3.63, 3.8) is 0 Å². The molecule has 3 aliphatic rings. The first-order valence-electron chi connectivity index (χ1n) is 16.1. The molecule has 46 heavy (non-hydrogen) atoms. The second-order valence-corrected chi connectivity index (χ2v) is 16.6. The van der Waals surface area contributed by atoms with Gasteiger partial charge in [0.25, 0.3) is 0 Å². The van der Waals surface area contributed by atoms with Crippen molar-refractivity contribution >= 4 is 47.7 Å². The van der Waals surface area contributed by atoms with E-state index in [0.717, 1.165) is 0 Å². The van der Waals surface area contributed by atoms with Gasteiger partial charge in [0.2, 0.25) is 0 Å². The Labute approximate surface area is 273 Å². The minimum atomic E-state index is -0.856. The number of hydrogen-bond acceptors (Lipinski definition) is 2. The Morgan fingerprint density at radius 1 is 0.370 bits per heavy atom. The molecule has 0 aromatic heterocycles. The first-order valence-corrected chi connectivity index (χ1v) is 18.8. The molecule has 0 saturated carbocycles. The lowest BCUT2D eigenvalue weighted by atomic mass is 9.54. The molecule has 2 N–H and O–H groups in total. The maximum Gasteiger partial charge on any atom is 0.0472 e. The van der Waals surface area contributed by atoms with Crippen molar-refractivity contribution in [2.75, 3.05) is 13.2 Å². The van der Waals surface area contributed by atoms with Gasteiger partial charge in [-0.3, -0.25) is 0 Å². The van der Waals surface area contributed by atoms with Crippen molar-refractivity contribution in [2.45, 2.75) is 11.8 Å². The van der Waals surface area contributed by atoms with Crippen LogP contribution in [0.15, 0.2) is 158 Å². The Kier molecular flexibility index (Phi) is 8.15. The van der Waals surface area contributed by atoms with Gasteiger partial charge in [-0.05, 0) is 81.8 Å². The molecule has 0 spiro atoms. The largest absolute Gasteiger partial charge is 0.396 e. The van der Waals surface area contributed by atoms with Gasteiger partial charge >= 0.3 is 0 Å². The first kappa shape index (κ1) is 29.5. The lowest BCUT2D eigenvalue weighted by Crippen LogP contribution is -2.47. The Morgan fingerprint density at radius 2 is 0.696 bits per heavy atom. The Balaban J connectivity index is 1.41. The highest BCUT2D eigenvalue weighted by atomic mass is 31.1. The van der Waals surface area contributed by atoms with E-state index >= 15 is 0 Å². The van der Waals surface area contributed by atoms with Crippen LogP contribution in [-0.2, 0) is 0 Å². The molecule has 9 rings (SSSR count). The quantitative estimate of drug-likeness (QED) is 0.202. The Bertz CT molecular complexity index is 1730. The van der Waals surface area contributed by atoms with Crippen LogP contribution in [0.5, 0.6) is 0 Å². The monoisotopic (exact) mass is 634 g/mol. The fourth-order valence-corrected chi connectivity index (χ4v) is 13.2. The summed E-state index contributed by atoms with van der Waals surface area (Å²) in [7, 11) is -1.71. The molecule has 6 aromatic carbocycles. The van der Waals surface area contributed by atoms with Gasteiger partial charge in [0, 0.05) is 25.0 Å². The fraction of sp³-hybridized carbons (Fsp3) is 0.143. The van der Waals surface area contributed by atoms with Crippen LogP contribution in [0.4, 0.5) is 0 Å². The van der Waals surface area contributed by atoms with Crippen LogP contribution in [0, 0.1) is 11.8 Å². The van der Waals surface area contributed by atoms with Gasteiger partial charge in [-0.15, -0.1) is 0 Å². The zero-order valence-corrected chi connectivity index (χ0v) is 27.3. The molecule has 2 atom stereocenters. The molecular formula is C42H36O2P2. The number of rotatable bonds is 8. The number of fused-ring (bicyclic) bond motifs is 1. The van der Waals surface area contributed by atoms with Crippen LogP contribution in [0.2, 0.25) is 0 Å². The van der Waals surface area contributed by atoms with Crippen molar-refractivity contribution < 1.29 is 10.2 Å². The van der Waals surface area contributed by atoms with Crippen LogP contribution < -0.4 is 31.8 Å². The summed E-state index contributed by atoms with van der Waals surface area (Å²) in [5.74, 6) is -0.132. The number of aliphatic hydroxyl groups excluding tert-OH is 2. The second-order valence-electron chi connectivity index (χ2n) is 12.2. The molecule has 0 fully saturated rings. The van der Waals surface area contributed by atoms with Gasteiger partial charge in [0.1, 0.15) is 0 Å². The number of hydrogen-bond donors (Lipinski definition) is 2. The molecule has 3 aliphatic carbocycles. The maximum absolute atomic E-state index is 11.2. The van der Waals surface area contributed by atoms with Gasteiger partial charge in [-0.25, -0.2) is 0 Å². The third kappa shape index (κ3) is 4.88. The van der Waals surface area contributed by atoms with Gasteiger partial charge < -0.3 is 10.2 Å². The molecule has 6 aromatic rings. The summed E-state index contributed by atoms with van der Waals surface area (Å²) in [6.07, 6.45) is 0. The topological polar surface area (TPSA) is 40.5 Å². The lowest BCUT2D eigenvalue weighted by Gasteiger charge is -2.52. The average molecular weight is 635 g/mol. The zero-order chi connectivity index (χ0) is 31.0. The summed E-state index contributed by atoms with van der Waals surface area (Å²) >= 11 is 0. The first-order chi connectivity index (χ1) is 22.8. The molecule has 2 nitrogen and oxygen atoms in total. The zero-order valence-electron chi connectivity index (χ0n) is 25.5. The van der Waals surface area contributed by atoms with Gasteiger partial charge in [0.15, 0.2) is 0 Å². The van der Waals surface area contributed by atoms with E-state index in [2.05, 4.69) is 158 Å². The van der Waals surface area contributed by atoms with Crippen LogP contribution >= 0.6 is 15.8 Å². The standard InChI is InChI=1S/C42H36O2P2/c43-27-35-36(28-44)42-40-33(23-13-25-37(40)45(29-15-5-1-6-16-29)30-17-7-2-8-18-30)39(35)34-24-14-26-38(41(34)42)46(31-19-9-3-10-20-31)32-21-11-4-12-22-32/h1-26,35-36,39,42-44H,27-28H2/t35-,36+,39?,42?/m1/s1. The van der Waals surface area contributed by atoms with Crippen LogP contribution in [-0.4, -0.2) is 23.4 Å². The molecule has 226 valence electrons. The summed E-state index contributed by atoms with van der Waals surface area (Å²) in [4.78, 5) is 0. The number of aliphatic hydroxyl groups is 2. The summed E-state index contributed by atoms with van der Waals surface area (Å²) in [6, 6.07) is 57.4. The Hall–Kier alpha value is -3.90. The highest BCUT2D eigenvalue weighted by Gasteiger charge is 2.51. The van der Waals surface area contributed by atoms with Crippen LogP contribution in [0.1, 0.15) is 34.1 Å². The Morgan fingerprint density at radius 3 is 1.02 bits per heavy atom. The van der Waals surface area contributed by atoms with Crippen molar-refractivity contribution in [2.24, 2.45) is 11.8 Å². The molecule has 0 heterocycles. The van der Waals surface area contributed by atoms with E-state index in [1.54, 1.807) is 0 Å². The highest BCUT2D eigenvalue weighted by Crippen LogP contribution is 2.60. The third-order valence-electron chi connectivity index (χ3n) is 9.89. The molecule has 4 heteroatoms. The maximum atomic E-state index is 11.2. The molecular weight excluding hydrogens is 598 g/mol. The summed E-state index contributed by atoms with van der Waals surface area (Å²) in [5.41, 5.74) is 5.37. The predicted octanol–water partition coefficient (Wildman–Crippen LogP) is 6.01. The SMILES string of the molecule is OC[C@@H]1C2c3c(cccc3P(c3ccccc3)c3ccccc3)C(c3cccc(P(c4ccccc4)c4ccccc4)c32)[C@@H]1CO. The van der Waals surface area contributed by atoms with Crippen molar-refractivity contribution in [1.82, 2.24) is 0 Å². The second kappa shape index (κ2) is 12.7. The van der Waals surface area contributed by atoms with Crippen molar-refractivity contribution in [3.8, 4) is 0 Å². The lowest BCUT2D eigenvalue weighted by molar-refractivity contribution is 0.0816. The summed E-state index contributed by atoms with van der Waals surface area (Å²) in [6.45, 7) is 0.0924. The third-order valence-corrected chi connectivity index (χ3v) is 14.9. The molecule has 0 unspecified atom stereocenters. The number of benzene rings is 6. The summed E-state index contributed by atoms with van der Waals surface area (Å²) in [5, 5.41) is 30.1. The fourth-order valence-electron chi connectivity index (χ4n) is 8.09. The van der Waals surface area contributed by atoms with E-state index in [4.69, 9.17) is 0 Å². The summed E-state index contributed by atoms with van der Waals surface area (Å²) < 4.78 is 0. The normalized spacial score (nSPS) is 19.7. The van der Waals surface area contributed by atoms with Crippen LogP contribution in [0.25, 0.3) is 0 Å². The molecule has 2 bridgehead atoms. The average Bonchev–Trinajstić information content (AvgIpc) is 3.13. The van der Waals surface area contributed by atoms with E-state index < -0.39 is 15.8 Å². The van der Waals surface area contributed by atoms with E-state index in [0.29, 0.717) is 0 Å². The minimum absolute atomic E-state index is 0.0174. The van der Waals surface area contributed by atoms with E-state index in [9.17, 15) is 10.2 Å². The van der Waals surface area contributed by atoms with Crippen molar-refractivity contribution in [1.29, 1.82) is 0 Å². The van der Waals surface area contributed by atoms with Gasteiger partial charge in [0.05, 0.1) is 0 Å².